The van der Waals surface area contributed by atoms with Crippen molar-refractivity contribution in [2.45, 2.75) is 40.2 Å². The van der Waals surface area contributed by atoms with Crippen molar-refractivity contribution in [1.29, 1.82) is 0 Å². The fourth-order valence-electron chi connectivity index (χ4n) is 2.39. The van der Waals surface area contributed by atoms with Crippen LogP contribution in [0.5, 0.6) is 5.75 Å². The molecule has 5 heteroatoms. The van der Waals surface area contributed by atoms with Gasteiger partial charge in [-0.15, -0.1) is 0 Å². The van der Waals surface area contributed by atoms with E-state index in [1.54, 1.807) is 13.2 Å². The van der Waals surface area contributed by atoms with E-state index in [0.29, 0.717) is 6.42 Å². The first-order chi connectivity index (χ1) is 10.7. The van der Waals surface area contributed by atoms with Crippen LogP contribution in [0.25, 0.3) is 6.08 Å². The maximum absolute atomic E-state index is 12.0. The van der Waals surface area contributed by atoms with Gasteiger partial charge in [0.2, 0.25) is 5.91 Å². The van der Waals surface area contributed by atoms with Crippen LogP contribution < -0.4 is 10.1 Å². The summed E-state index contributed by atoms with van der Waals surface area (Å²) in [7, 11) is 1.61. The second-order valence-electron chi connectivity index (χ2n) is 6.04. The van der Waals surface area contributed by atoms with E-state index >= 15 is 0 Å². The van der Waals surface area contributed by atoms with E-state index < -0.39 is 17.9 Å². The molecule has 0 bridgehead atoms. The first-order valence-electron chi connectivity index (χ1n) is 7.61. The Balaban J connectivity index is 2.84. The van der Waals surface area contributed by atoms with Crippen LogP contribution in [0.15, 0.2) is 18.2 Å². The summed E-state index contributed by atoms with van der Waals surface area (Å²) < 4.78 is 5.20. The Kier molecular flexibility index (Phi) is 6.82. The second kappa shape index (κ2) is 8.36. The molecule has 126 valence electrons. The first kappa shape index (κ1) is 18.7. The van der Waals surface area contributed by atoms with Crippen molar-refractivity contribution >= 4 is 18.0 Å². The highest BCUT2D eigenvalue weighted by atomic mass is 16.5. The number of ether oxygens (including phenoxy) is 1. The van der Waals surface area contributed by atoms with Crippen molar-refractivity contribution in [3.05, 3.63) is 34.9 Å². The predicted molar refractivity (Wildman–Crippen MR) is 90.5 cm³/mol. The lowest BCUT2D eigenvalue weighted by molar-refractivity contribution is -0.141. The normalized spacial score (nSPS) is 12.4. The smallest absolute Gasteiger partial charge is 0.326 e. The third-order valence-corrected chi connectivity index (χ3v) is 3.53. The number of carboxylic acids is 1. The number of benzene rings is 1. The minimum atomic E-state index is -1.02. The standard InChI is InChI=1S/C18H25NO4/c1-11(2)8-16(18(21)22)19-17(20)7-6-15-12(3)9-14(23-5)10-13(15)4/h6-7,9-11,16H,8H2,1-5H3,(H,19,20)(H,21,22)/b7-6+. The van der Waals surface area contributed by atoms with Gasteiger partial charge in [0, 0.05) is 6.08 Å². The van der Waals surface area contributed by atoms with Gasteiger partial charge in [-0.25, -0.2) is 4.79 Å². The number of hydrogen-bond donors (Lipinski definition) is 2. The average molecular weight is 319 g/mol. The highest BCUT2D eigenvalue weighted by Crippen LogP contribution is 2.22. The quantitative estimate of drug-likeness (QED) is 0.758. The van der Waals surface area contributed by atoms with Crippen LogP contribution in [-0.4, -0.2) is 30.1 Å². The van der Waals surface area contributed by atoms with Crippen molar-refractivity contribution < 1.29 is 19.4 Å². The molecule has 0 saturated heterocycles. The predicted octanol–water partition coefficient (Wildman–Crippen LogP) is 2.94. The van der Waals surface area contributed by atoms with Gasteiger partial charge in [-0.1, -0.05) is 13.8 Å². The lowest BCUT2D eigenvalue weighted by Gasteiger charge is -2.15. The van der Waals surface area contributed by atoms with Crippen molar-refractivity contribution in [2.75, 3.05) is 7.11 Å². The molecule has 23 heavy (non-hydrogen) atoms. The van der Waals surface area contributed by atoms with Crippen LogP contribution in [0.1, 0.15) is 37.0 Å². The van der Waals surface area contributed by atoms with Gasteiger partial charge in [0.1, 0.15) is 11.8 Å². The van der Waals surface area contributed by atoms with Gasteiger partial charge in [-0.2, -0.15) is 0 Å². The number of aliphatic carboxylic acids is 1. The number of carbonyl (C=O) groups excluding carboxylic acids is 1. The summed E-state index contributed by atoms with van der Waals surface area (Å²) in [6, 6.07) is 2.91. The van der Waals surface area contributed by atoms with Crippen LogP contribution >= 0.6 is 0 Å². The molecular formula is C18H25NO4. The SMILES string of the molecule is COc1cc(C)c(/C=C/C(=O)NC(CC(C)C)C(=O)O)c(C)c1. The van der Waals surface area contributed by atoms with Crippen molar-refractivity contribution in [1.82, 2.24) is 5.32 Å². The Morgan fingerprint density at radius 1 is 1.26 bits per heavy atom. The zero-order valence-electron chi connectivity index (χ0n) is 14.3. The Morgan fingerprint density at radius 2 is 1.83 bits per heavy atom. The largest absolute Gasteiger partial charge is 0.497 e. The van der Waals surface area contributed by atoms with E-state index in [1.165, 1.54) is 6.08 Å². The molecule has 1 amide bonds. The molecule has 0 saturated carbocycles. The molecule has 1 aromatic carbocycles. The molecular weight excluding hydrogens is 294 g/mol. The summed E-state index contributed by atoms with van der Waals surface area (Å²) in [6.45, 7) is 7.71. The molecule has 0 fully saturated rings. The van der Waals surface area contributed by atoms with Gasteiger partial charge < -0.3 is 15.2 Å². The summed E-state index contributed by atoms with van der Waals surface area (Å²) in [5.74, 6) is -0.471. The summed E-state index contributed by atoms with van der Waals surface area (Å²) in [5.41, 5.74) is 2.91. The van der Waals surface area contributed by atoms with Crippen molar-refractivity contribution in [2.24, 2.45) is 5.92 Å². The molecule has 0 spiro atoms. The van der Waals surface area contributed by atoms with Crippen LogP contribution in [-0.2, 0) is 9.59 Å². The molecule has 0 aliphatic heterocycles. The van der Waals surface area contributed by atoms with Gasteiger partial charge in [-0.05, 0) is 61.1 Å². The lowest BCUT2D eigenvalue weighted by atomic mass is 10.0. The Labute approximate surface area is 137 Å². The number of methoxy groups -OCH3 is 1. The molecule has 0 aromatic heterocycles. The van der Waals surface area contributed by atoms with Crippen LogP contribution in [0.2, 0.25) is 0 Å². The molecule has 1 unspecified atom stereocenters. The zero-order chi connectivity index (χ0) is 17.6. The summed E-state index contributed by atoms with van der Waals surface area (Å²) in [6.07, 6.45) is 3.47. The van der Waals surface area contributed by atoms with Gasteiger partial charge in [0.15, 0.2) is 0 Å². The number of aryl methyl sites for hydroxylation is 2. The Bertz CT molecular complexity index is 582. The topological polar surface area (TPSA) is 75.6 Å². The Hall–Kier alpha value is -2.30. The summed E-state index contributed by atoms with van der Waals surface area (Å²) in [5, 5.41) is 11.7. The minimum absolute atomic E-state index is 0.187. The monoisotopic (exact) mass is 319 g/mol. The average Bonchev–Trinajstić information content (AvgIpc) is 2.44. The van der Waals surface area contributed by atoms with E-state index in [9.17, 15) is 9.59 Å². The summed E-state index contributed by atoms with van der Waals surface area (Å²) >= 11 is 0. The molecule has 2 N–H and O–H groups in total. The molecule has 5 nitrogen and oxygen atoms in total. The third kappa shape index (κ3) is 5.77. The number of hydrogen-bond acceptors (Lipinski definition) is 3. The maximum Gasteiger partial charge on any atom is 0.326 e. The fourth-order valence-corrected chi connectivity index (χ4v) is 2.39. The highest BCUT2D eigenvalue weighted by molar-refractivity contribution is 5.94. The van der Waals surface area contributed by atoms with Gasteiger partial charge in [0.25, 0.3) is 0 Å². The Morgan fingerprint density at radius 3 is 2.26 bits per heavy atom. The van der Waals surface area contributed by atoms with Gasteiger partial charge in [-0.3, -0.25) is 4.79 Å². The third-order valence-electron chi connectivity index (χ3n) is 3.53. The lowest BCUT2D eigenvalue weighted by Crippen LogP contribution is -2.40. The molecule has 0 radical (unpaired) electrons. The van der Waals surface area contributed by atoms with Crippen LogP contribution in [0.3, 0.4) is 0 Å². The van der Waals surface area contributed by atoms with Crippen LogP contribution in [0, 0.1) is 19.8 Å². The second-order valence-corrected chi connectivity index (χ2v) is 6.04. The van der Waals surface area contributed by atoms with E-state index in [4.69, 9.17) is 9.84 Å². The molecule has 0 aliphatic carbocycles. The molecule has 1 atom stereocenters. The number of carboxylic acid groups (broad SMARTS) is 1. The fraction of sp³-hybridized carbons (Fsp3) is 0.444. The first-order valence-corrected chi connectivity index (χ1v) is 7.61. The molecule has 0 aliphatic rings. The number of carbonyl (C=O) groups is 2. The van der Waals surface area contributed by atoms with E-state index in [0.717, 1.165) is 22.4 Å². The molecule has 0 heterocycles. The van der Waals surface area contributed by atoms with Gasteiger partial charge in [0.05, 0.1) is 7.11 Å². The van der Waals surface area contributed by atoms with Gasteiger partial charge >= 0.3 is 5.97 Å². The minimum Gasteiger partial charge on any atom is -0.497 e. The number of amides is 1. The van der Waals surface area contributed by atoms with E-state index in [-0.39, 0.29) is 5.92 Å². The zero-order valence-corrected chi connectivity index (χ0v) is 14.3. The number of nitrogens with one attached hydrogen (secondary N) is 1. The van der Waals surface area contributed by atoms with Crippen LogP contribution in [0.4, 0.5) is 0 Å². The number of rotatable bonds is 7. The van der Waals surface area contributed by atoms with Crippen molar-refractivity contribution in [3.8, 4) is 5.75 Å². The van der Waals surface area contributed by atoms with E-state index in [1.807, 2.05) is 39.8 Å². The molecule has 1 rings (SSSR count). The highest BCUT2D eigenvalue weighted by Gasteiger charge is 2.19. The van der Waals surface area contributed by atoms with E-state index in [2.05, 4.69) is 5.32 Å². The van der Waals surface area contributed by atoms with Crippen molar-refractivity contribution in [3.63, 3.8) is 0 Å². The maximum atomic E-state index is 12.0. The molecule has 1 aromatic rings. The summed E-state index contributed by atoms with van der Waals surface area (Å²) in [4.78, 5) is 23.1.